The van der Waals surface area contributed by atoms with Crippen LogP contribution in [0.1, 0.15) is 51.4 Å². The Balaban J connectivity index is 1.40. The molecule has 0 bridgehead atoms. The number of halogens is 1. The molecule has 1 saturated heterocycles. The summed E-state index contributed by atoms with van der Waals surface area (Å²) in [6.07, 6.45) is 6.81. The lowest BCUT2D eigenvalue weighted by Gasteiger charge is -2.36. The maximum atomic E-state index is 13.7. The molecule has 1 heterocycles. The summed E-state index contributed by atoms with van der Waals surface area (Å²) < 4.78 is 19.6. The van der Waals surface area contributed by atoms with Gasteiger partial charge >= 0.3 is 6.03 Å². The van der Waals surface area contributed by atoms with Crippen molar-refractivity contribution in [1.82, 2.24) is 10.6 Å². The number of rotatable bonds is 7. The first kappa shape index (κ1) is 22.5. The maximum absolute atomic E-state index is 13.7. The van der Waals surface area contributed by atoms with Crippen LogP contribution in [-0.2, 0) is 9.53 Å². The van der Waals surface area contributed by atoms with Crippen LogP contribution in [0.3, 0.4) is 0 Å². The number of carbonyl (C=O) groups excluding carboxylic acids is 2. The van der Waals surface area contributed by atoms with E-state index in [9.17, 15) is 19.1 Å². The molecule has 7 nitrogen and oxygen atoms in total. The molecule has 1 aliphatic carbocycles. The standard InChI is InChI=1S/C22H32FN3O4/c23-17-8-4-5-9-18(17)25-22(29)26-19-11-10-16(30-20(19)14-27)12-13-24-21(28)15-6-2-1-3-7-15/h4-5,8-9,15-16,19-20,27H,1-3,6-7,10-14H2,(H,24,28)(H2,25,26,29)/t16-,19-,20+/m1/s1. The van der Waals surface area contributed by atoms with Crippen LogP contribution in [0.2, 0.25) is 0 Å². The van der Waals surface area contributed by atoms with E-state index in [0.717, 1.165) is 25.7 Å². The molecule has 1 aromatic carbocycles. The third-order valence-electron chi connectivity index (χ3n) is 5.98. The highest BCUT2D eigenvalue weighted by atomic mass is 19.1. The summed E-state index contributed by atoms with van der Waals surface area (Å²) in [4.78, 5) is 24.4. The van der Waals surface area contributed by atoms with Crippen LogP contribution in [0.25, 0.3) is 0 Å². The first-order valence-corrected chi connectivity index (χ1v) is 10.9. The Hall–Kier alpha value is -2.19. The van der Waals surface area contributed by atoms with Crippen LogP contribution < -0.4 is 16.0 Å². The number of ether oxygens (including phenoxy) is 1. The first-order chi connectivity index (χ1) is 14.6. The highest BCUT2D eigenvalue weighted by Crippen LogP contribution is 2.24. The Morgan fingerprint density at radius 3 is 2.60 bits per heavy atom. The fourth-order valence-corrected chi connectivity index (χ4v) is 4.26. The Labute approximate surface area is 176 Å². The molecule has 30 heavy (non-hydrogen) atoms. The number of nitrogens with one attached hydrogen (secondary N) is 3. The highest BCUT2D eigenvalue weighted by Gasteiger charge is 2.32. The zero-order valence-electron chi connectivity index (χ0n) is 17.2. The normalized spacial score (nSPS) is 24.8. The van der Waals surface area contributed by atoms with Gasteiger partial charge in [0.2, 0.25) is 5.91 Å². The molecule has 3 rings (SSSR count). The summed E-state index contributed by atoms with van der Waals surface area (Å²) in [5, 5.41) is 17.9. The van der Waals surface area contributed by atoms with Crippen LogP contribution in [0.5, 0.6) is 0 Å². The van der Waals surface area contributed by atoms with Gasteiger partial charge in [0.1, 0.15) is 11.9 Å². The van der Waals surface area contributed by atoms with E-state index in [0.29, 0.717) is 25.8 Å². The largest absolute Gasteiger partial charge is 0.394 e. The monoisotopic (exact) mass is 421 g/mol. The molecule has 2 fully saturated rings. The molecule has 1 aromatic rings. The van der Waals surface area contributed by atoms with Gasteiger partial charge in [-0.25, -0.2) is 9.18 Å². The quantitative estimate of drug-likeness (QED) is 0.544. The summed E-state index contributed by atoms with van der Waals surface area (Å²) in [5.41, 5.74) is 0.0962. The number of aliphatic hydroxyl groups is 1. The molecule has 2 aliphatic rings. The van der Waals surface area contributed by atoms with Crippen molar-refractivity contribution in [3.63, 3.8) is 0 Å². The van der Waals surface area contributed by atoms with E-state index in [4.69, 9.17) is 4.74 Å². The number of para-hydroxylation sites is 1. The number of aliphatic hydroxyl groups excluding tert-OH is 1. The van der Waals surface area contributed by atoms with Crippen molar-refractivity contribution in [3.05, 3.63) is 30.1 Å². The van der Waals surface area contributed by atoms with Crippen LogP contribution in [-0.4, -0.2) is 48.4 Å². The van der Waals surface area contributed by atoms with Gasteiger partial charge in [-0.2, -0.15) is 0 Å². The lowest BCUT2D eigenvalue weighted by atomic mass is 9.88. The molecular formula is C22H32FN3O4. The van der Waals surface area contributed by atoms with E-state index < -0.39 is 18.0 Å². The topological polar surface area (TPSA) is 99.7 Å². The van der Waals surface area contributed by atoms with Crippen LogP contribution in [0.15, 0.2) is 24.3 Å². The molecule has 0 radical (unpaired) electrons. The number of anilines is 1. The second kappa shape index (κ2) is 11.3. The Bertz CT molecular complexity index is 711. The molecule has 1 aliphatic heterocycles. The van der Waals surface area contributed by atoms with Crippen LogP contribution in [0, 0.1) is 11.7 Å². The number of hydrogen-bond donors (Lipinski definition) is 4. The minimum Gasteiger partial charge on any atom is -0.394 e. The molecule has 0 aromatic heterocycles. The number of benzene rings is 1. The van der Waals surface area contributed by atoms with Crippen molar-refractivity contribution in [1.29, 1.82) is 0 Å². The summed E-state index contributed by atoms with van der Waals surface area (Å²) in [7, 11) is 0. The van der Waals surface area contributed by atoms with Crippen molar-refractivity contribution in [2.75, 3.05) is 18.5 Å². The van der Waals surface area contributed by atoms with E-state index in [1.807, 2.05) is 0 Å². The zero-order valence-corrected chi connectivity index (χ0v) is 17.2. The Morgan fingerprint density at radius 2 is 1.87 bits per heavy atom. The van der Waals surface area contributed by atoms with Gasteiger partial charge in [0, 0.05) is 12.5 Å². The summed E-state index contributed by atoms with van der Waals surface area (Å²) in [6, 6.07) is 5.03. The molecule has 3 amide bonds. The van der Waals surface area contributed by atoms with Crippen molar-refractivity contribution < 1.29 is 23.8 Å². The number of urea groups is 1. The predicted octanol–water partition coefficient (Wildman–Crippen LogP) is 2.94. The van der Waals surface area contributed by atoms with Crippen LogP contribution in [0.4, 0.5) is 14.9 Å². The Kier molecular flexibility index (Phi) is 8.45. The van der Waals surface area contributed by atoms with Crippen LogP contribution >= 0.6 is 0 Å². The van der Waals surface area contributed by atoms with Gasteiger partial charge < -0.3 is 25.8 Å². The minimum atomic E-state index is -0.538. The Morgan fingerprint density at radius 1 is 1.10 bits per heavy atom. The molecule has 166 valence electrons. The van der Waals surface area contributed by atoms with Gasteiger partial charge in [0.15, 0.2) is 0 Å². The predicted molar refractivity (Wildman–Crippen MR) is 112 cm³/mol. The molecule has 8 heteroatoms. The van der Waals surface area contributed by atoms with Gasteiger partial charge in [-0.15, -0.1) is 0 Å². The third-order valence-corrected chi connectivity index (χ3v) is 5.98. The fourth-order valence-electron chi connectivity index (χ4n) is 4.26. The first-order valence-electron chi connectivity index (χ1n) is 10.9. The van der Waals surface area contributed by atoms with E-state index >= 15 is 0 Å². The van der Waals surface area contributed by atoms with E-state index in [-0.39, 0.29) is 36.3 Å². The summed E-state index contributed by atoms with van der Waals surface area (Å²) in [6.45, 7) is 0.319. The summed E-state index contributed by atoms with van der Waals surface area (Å²) in [5.74, 6) is -0.243. The highest BCUT2D eigenvalue weighted by molar-refractivity contribution is 5.89. The SMILES string of the molecule is O=C(Nc1ccccc1F)N[C@@H]1CC[C@H](CCNC(=O)C2CCCCC2)O[C@H]1CO. The lowest BCUT2D eigenvalue weighted by Crippen LogP contribution is -2.52. The second-order valence-electron chi connectivity index (χ2n) is 8.16. The fraction of sp³-hybridized carbons (Fsp3) is 0.636. The van der Waals surface area contributed by atoms with Crippen molar-refractivity contribution in [2.45, 2.75) is 69.6 Å². The molecule has 4 N–H and O–H groups in total. The summed E-state index contributed by atoms with van der Waals surface area (Å²) >= 11 is 0. The van der Waals surface area contributed by atoms with E-state index in [1.54, 1.807) is 12.1 Å². The zero-order chi connectivity index (χ0) is 21.3. The molecule has 1 saturated carbocycles. The average Bonchev–Trinajstić information content (AvgIpc) is 2.76. The molecule has 0 spiro atoms. The van der Waals surface area contributed by atoms with Gasteiger partial charge in [-0.3, -0.25) is 4.79 Å². The lowest BCUT2D eigenvalue weighted by molar-refractivity contribution is -0.126. The van der Waals surface area contributed by atoms with E-state index in [2.05, 4.69) is 16.0 Å². The average molecular weight is 422 g/mol. The van der Waals surface area contributed by atoms with Gasteiger partial charge in [0.25, 0.3) is 0 Å². The van der Waals surface area contributed by atoms with Crippen molar-refractivity contribution in [2.24, 2.45) is 5.92 Å². The molecule has 0 unspecified atom stereocenters. The molecular weight excluding hydrogens is 389 g/mol. The minimum absolute atomic E-state index is 0.0820. The van der Waals surface area contributed by atoms with Crippen molar-refractivity contribution >= 4 is 17.6 Å². The van der Waals surface area contributed by atoms with Crippen molar-refractivity contribution in [3.8, 4) is 0 Å². The smallest absolute Gasteiger partial charge is 0.319 e. The maximum Gasteiger partial charge on any atom is 0.319 e. The van der Waals surface area contributed by atoms with Gasteiger partial charge in [-0.1, -0.05) is 31.4 Å². The number of hydrogen-bond acceptors (Lipinski definition) is 4. The van der Waals surface area contributed by atoms with Gasteiger partial charge in [0.05, 0.1) is 24.4 Å². The second-order valence-corrected chi connectivity index (χ2v) is 8.16. The van der Waals surface area contributed by atoms with Gasteiger partial charge in [-0.05, 0) is 44.2 Å². The third kappa shape index (κ3) is 6.40. The number of amides is 3. The van der Waals surface area contributed by atoms with E-state index in [1.165, 1.54) is 18.6 Å². The molecule has 3 atom stereocenters. The number of carbonyl (C=O) groups is 2.